The molecular weight excluding hydrogens is 426 g/mol. The van der Waals surface area contributed by atoms with Gasteiger partial charge in [0.25, 0.3) is 0 Å². The second-order valence-electron chi connectivity index (χ2n) is 8.33. The predicted octanol–water partition coefficient (Wildman–Crippen LogP) is 2.13. The standard InChI is InChI=1S/C24H32ClN5O2/c1-28(2)20-10-8-18(9-11-20)22(30-14-12-29(3)13-15-30)17-27-24(32)23(31)26-16-19-6-4-5-7-21(19)25/h4-11,22H,12-17H2,1-3H3,(H,26,31)(H,27,32)/t22-/m1/s1. The summed E-state index contributed by atoms with van der Waals surface area (Å²) in [6, 6.07) is 15.6. The van der Waals surface area contributed by atoms with Gasteiger partial charge in [0.1, 0.15) is 0 Å². The average molecular weight is 458 g/mol. The second-order valence-corrected chi connectivity index (χ2v) is 8.73. The predicted molar refractivity (Wildman–Crippen MR) is 129 cm³/mol. The highest BCUT2D eigenvalue weighted by Gasteiger charge is 2.25. The van der Waals surface area contributed by atoms with E-state index in [2.05, 4.69) is 56.6 Å². The van der Waals surface area contributed by atoms with E-state index in [4.69, 9.17) is 11.6 Å². The molecule has 1 aliphatic heterocycles. The molecule has 2 aromatic rings. The topological polar surface area (TPSA) is 67.9 Å². The smallest absolute Gasteiger partial charge is 0.309 e. The third-order valence-electron chi connectivity index (χ3n) is 5.83. The molecule has 2 N–H and O–H groups in total. The molecule has 172 valence electrons. The molecule has 8 heteroatoms. The highest BCUT2D eigenvalue weighted by atomic mass is 35.5. The van der Waals surface area contributed by atoms with Crippen molar-refractivity contribution in [2.24, 2.45) is 0 Å². The van der Waals surface area contributed by atoms with Gasteiger partial charge < -0.3 is 20.4 Å². The maximum Gasteiger partial charge on any atom is 0.309 e. The largest absolute Gasteiger partial charge is 0.378 e. The summed E-state index contributed by atoms with van der Waals surface area (Å²) in [5.74, 6) is -1.30. The van der Waals surface area contributed by atoms with Gasteiger partial charge in [0.15, 0.2) is 0 Å². The van der Waals surface area contributed by atoms with E-state index < -0.39 is 11.8 Å². The van der Waals surface area contributed by atoms with Crippen LogP contribution in [0.5, 0.6) is 0 Å². The Bertz CT molecular complexity index is 911. The van der Waals surface area contributed by atoms with E-state index in [1.54, 1.807) is 6.07 Å². The van der Waals surface area contributed by atoms with E-state index in [0.717, 1.165) is 43.0 Å². The Morgan fingerprint density at radius 3 is 2.22 bits per heavy atom. The van der Waals surface area contributed by atoms with Crippen molar-refractivity contribution in [2.75, 3.05) is 58.8 Å². The summed E-state index contributed by atoms with van der Waals surface area (Å²) in [6.07, 6.45) is 0. The number of carbonyl (C=O) groups is 2. The first-order valence-corrected chi connectivity index (χ1v) is 11.2. The summed E-state index contributed by atoms with van der Waals surface area (Å²) >= 11 is 6.12. The van der Waals surface area contributed by atoms with Crippen LogP contribution in [0.1, 0.15) is 17.2 Å². The average Bonchev–Trinajstić information content (AvgIpc) is 2.79. The molecular formula is C24H32ClN5O2. The molecule has 0 aliphatic carbocycles. The third kappa shape index (κ3) is 6.45. The number of nitrogens with zero attached hydrogens (tertiary/aromatic N) is 3. The highest BCUT2D eigenvalue weighted by Crippen LogP contribution is 2.24. The number of amides is 2. The number of hydrogen-bond donors (Lipinski definition) is 2. The zero-order valence-corrected chi connectivity index (χ0v) is 19.7. The first kappa shape index (κ1) is 24.0. The van der Waals surface area contributed by atoms with Gasteiger partial charge in [-0.2, -0.15) is 0 Å². The van der Waals surface area contributed by atoms with E-state index in [1.165, 1.54) is 0 Å². The molecule has 32 heavy (non-hydrogen) atoms. The van der Waals surface area contributed by atoms with Crippen LogP contribution in [-0.4, -0.2) is 75.5 Å². The molecule has 2 amide bonds. The van der Waals surface area contributed by atoms with Gasteiger partial charge in [-0.15, -0.1) is 0 Å². The summed E-state index contributed by atoms with van der Waals surface area (Å²) in [5, 5.41) is 6.03. The van der Waals surface area contributed by atoms with Gasteiger partial charge >= 0.3 is 11.8 Å². The molecule has 1 heterocycles. The number of halogens is 1. The van der Waals surface area contributed by atoms with Crippen molar-refractivity contribution in [2.45, 2.75) is 12.6 Å². The van der Waals surface area contributed by atoms with Crippen molar-refractivity contribution in [3.05, 3.63) is 64.7 Å². The minimum atomic E-state index is -0.662. The van der Waals surface area contributed by atoms with Crippen molar-refractivity contribution < 1.29 is 9.59 Å². The van der Waals surface area contributed by atoms with Crippen molar-refractivity contribution in [1.82, 2.24) is 20.4 Å². The number of nitrogens with one attached hydrogen (secondary N) is 2. The Balaban J connectivity index is 1.63. The molecule has 0 unspecified atom stereocenters. The molecule has 1 saturated heterocycles. The van der Waals surface area contributed by atoms with Gasteiger partial charge in [-0.25, -0.2) is 0 Å². The Morgan fingerprint density at radius 2 is 1.59 bits per heavy atom. The quantitative estimate of drug-likeness (QED) is 0.623. The summed E-state index contributed by atoms with van der Waals surface area (Å²) in [5.41, 5.74) is 3.01. The molecule has 0 saturated carbocycles. The lowest BCUT2D eigenvalue weighted by atomic mass is 10.0. The lowest BCUT2D eigenvalue weighted by Crippen LogP contribution is -2.49. The Morgan fingerprint density at radius 1 is 0.969 bits per heavy atom. The summed E-state index contributed by atoms with van der Waals surface area (Å²) in [4.78, 5) is 31.5. The molecule has 0 aromatic heterocycles. The van der Waals surface area contributed by atoms with Gasteiger partial charge in [0.05, 0.1) is 6.04 Å². The molecule has 7 nitrogen and oxygen atoms in total. The molecule has 3 rings (SSSR count). The van der Waals surface area contributed by atoms with Crippen molar-refractivity contribution in [3.8, 4) is 0 Å². The van der Waals surface area contributed by atoms with Gasteiger partial charge in [-0.1, -0.05) is 41.9 Å². The lowest BCUT2D eigenvalue weighted by Gasteiger charge is -2.38. The fraction of sp³-hybridized carbons (Fsp3) is 0.417. The zero-order chi connectivity index (χ0) is 23.1. The van der Waals surface area contributed by atoms with Crippen LogP contribution < -0.4 is 15.5 Å². The summed E-state index contributed by atoms with van der Waals surface area (Å²) in [7, 11) is 6.13. The van der Waals surface area contributed by atoms with Crippen LogP contribution >= 0.6 is 11.6 Å². The molecule has 1 atom stereocenters. The number of hydrogen-bond acceptors (Lipinski definition) is 5. The van der Waals surface area contributed by atoms with Crippen LogP contribution in [0.25, 0.3) is 0 Å². The maximum atomic E-state index is 12.5. The van der Waals surface area contributed by atoms with Gasteiger partial charge in [0.2, 0.25) is 0 Å². The monoisotopic (exact) mass is 457 g/mol. The van der Waals surface area contributed by atoms with E-state index in [0.29, 0.717) is 11.6 Å². The van der Waals surface area contributed by atoms with Crippen LogP contribution in [-0.2, 0) is 16.1 Å². The maximum absolute atomic E-state index is 12.5. The minimum absolute atomic E-state index is 0.000213. The number of rotatable bonds is 7. The van der Waals surface area contributed by atoms with Crippen LogP contribution in [0.4, 0.5) is 5.69 Å². The van der Waals surface area contributed by atoms with E-state index in [9.17, 15) is 9.59 Å². The fourth-order valence-electron chi connectivity index (χ4n) is 3.75. The molecule has 0 bridgehead atoms. The lowest BCUT2D eigenvalue weighted by molar-refractivity contribution is -0.139. The molecule has 2 aromatic carbocycles. The van der Waals surface area contributed by atoms with Crippen molar-refractivity contribution in [1.29, 1.82) is 0 Å². The van der Waals surface area contributed by atoms with Crippen LogP contribution in [0.2, 0.25) is 5.02 Å². The first-order chi connectivity index (χ1) is 15.3. The molecule has 1 aliphatic rings. The number of benzene rings is 2. The van der Waals surface area contributed by atoms with E-state index >= 15 is 0 Å². The number of piperazine rings is 1. The second kappa shape index (κ2) is 11.3. The third-order valence-corrected chi connectivity index (χ3v) is 6.20. The minimum Gasteiger partial charge on any atom is -0.378 e. The number of carbonyl (C=O) groups excluding carboxylic acids is 2. The van der Waals surface area contributed by atoms with Crippen molar-refractivity contribution in [3.63, 3.8) is 0 Å². The zero-order valence-electron chi connectivity index (χ0n) is 19.0. The van der Waals surface area contributed by atoms with Gasteiger partial charge in [-0.3, -0.25) is 14.5 Å². The van der Waals surface area contributed by atoms with Gasteiger partial charge in [-0.05, 0) is 36.4 Å². The normalized spacial score (nSPS) is 15.8. The molecule has 0 radical (unpaired) electrons. The Kier molecular flexibility index (Phi) is 8.50. The molecule has 0 spiro atoms. The Labute approximate surface area is 195 Å². The summed E-state index contributed by atoms with van der Waals surface area (Å²) < 4.78 is 0. The number of likely N-dealkylation sites (N-methyl/N-ethyl adjacent to an activating group) is 1. The van der Waals surface area contributed by atoms with Crippen LogP contribution in [0.3, 0.4) is 0 Å². The van der Waals surface area contributed by atoms with E-state index in [-0.39, 0.29) is 12.6 Å². The van der Waals surface area contributed by atoms with Gasteiger partial charge in [0, 0.05) is 64.1 Å². The first-order valence-electron chi connectivity index (χ1n) is 10.8. The van der Waals surface area contributed by atoms with Crippen LogP contribution in [0, 0.1) is 0 Å². The van der Waals surface area contributed by atoms with Crippen LogP contribution in [0.15, 0.2) is 48.5 Å². The Hall–Kier alpha value is -2.61. The van der Waals surface area contributed by atoms with Crippen molar-refractivity contribution >= 4 is 29.1 Å². The molecule has 1 fully saturated rings. The highest BCUT2D eigenvalue weighted by molar-refractivity contribution is 6.35. The fourth-order valence-corrected chi connectivity index (χ4v) is 3.96. The van der Waals surface area contributed by atoms with E-state index in [1.807, 2.05) is 32.3 Å². The number of anilines is 1. The summed E-state index contributed by atoms with van der Waals surface area (Å²) in [6.45, 7) is 4.33. The SMILES string of the molecule is CN1CCN([C@H](CNC(=O)C(=O)NCc2ccccc2Cl)c2ccc(N(C)C)cc2)CC1.